The van der Waals surface area contributed by atoms with Crippen LogP contribution in [0, 0.1) is 17.3 Å². The van der Waals surface area contributed by atoms with E-state index in [1.54, 1.807) is 0 Å². The fraction of sp³-hybridized carbons (Fsp3) is 0.941. The van der Waals surface area contributed by atoms with Gasteiger partial charge in [-0.1, -0.05) is 34.1 Å². The molecule has 0 aromatic rings. The van der Waals surface area contributed by atoms with Crippen LogP contribution in [-0.2, 0) is 4.79 Å². The minimum atomic E-state index is 0.125. The molecule has 0 bridgehead atoms. The van der Waals surface area contributed by atoms with Gasteiger partial charge >= 0.3 is 0 Å². The third-order valence-electron chi connectivity index (χ3n) is 4.28. The molecule has 2 atom stereocenters. The summed E-state index contributed by atoms with van der Waals surface area (Å²) >= 11 is 0. The zero-order valence-electron chi connectivity index (χ0n) is 14.5. The summed E-state index contributed by atoms with van der Waals surface area (Å²) in [6.45, 7) is 10.3. The highest BCUT2D eigenvalue weighted by Crippen LogP contribution is 2.32. The normalized spacial score (nSPS) is 14.8. The second-order valence-corrected chi connectivity index (χ2v) is 7.15. The Morgan fingerprint density at radius 1 is 1.19 bits per heavy atom. The van der Waals surface area contributed by atoms with Gasteiger partial charge in [0.1, 0.15) is 0 Å². The highest BCUT2D eigenvalue weighted by atomic mass is 16.3. The molecule has 1 amide bonds. The summed E-state index contributed by atoms with van der Waals surface area (Å²) in [6.07, 6.45) is 5.35. The highest BCUT2D eigenvalue weighted by molar-refractivity contribution is 5.75. The monoisotopic (exact) mass is 300 g/mol. The largest absolute Gasteiger partial charge is 0.396 e. The van der Waals surface area contributed by atoms with Gasteiger partial charge in [0.15, 0.2) is 0 Å². The maximum atomic E-state index is 12.0. The molecule has 0 radical (unpaired) electrons. The Labute approximate surface area is 130 Å². The Balaban J connectivity index is 4.12. The van der Waals surface area contributed by atoms with Gasteiger partial charge in [0.2, 0.25) is 5.91 Å². The molecular weight excluding hydrogens is 264 g/mol. The summed E-state index contributed by atoms with van der Waals surface area (Å²) in [5, 5.41) is 12.0. The molecule has 126 valence electrons. The van der Waals surface area contributed by atoms with Crippen LogP contribution >= 0.6 is 0 Å². The molecule has 0 aromatic heterocycles. The molecule has 0 aliphatic rings. The second-order valence-electron chi connectivity index (χ2n) is 7.15. The Kier molecular flexibility index (Phi) is 10.7. The molecule has 0 aromatic carbocycles. The summed E-state index contributed by atoms with van der Waals surface area (Å²) in [5.41, 5.74) is 5.87. The minimum Gasteiger partial charge on any atom is -0.396 e. The Hall–Kier alpha value is -0.610. The van der Waals surface area contributed by atoms with E-state index in [0.717, 1.165) is 32.1 Å². The first kappa shape index (κ1) is 20.4. The number of hydrogen-bond acceptors (Lipinski definition) is 3. The molecule has 0 aliphatic carbocycles. The van der Waals surface area contributed by atoms with E-state index < -0.39 is 0 Å². The Morgan fingerprint density at radius 3 is 2.33 bits per heavy atom. The van der Waals surface area contributed by atoms with E-state index in [4.69, 9.17) is 10.8 Å². The minimum absolute atomic E-state index is 0.125. The predicted molar refractivity (Wildman–Crippen MR) is 89.0 cm³/mol. The molecule has 0 fully saturated rings. The van der Waals surface area contributed by atoms with Crippen molar-refractivity contribution in [2.75, 3.05) is 19.7 Å². The zero-order valence-corrected chi connectivity index (χ0v) is 14.5. The molecule has 0 rings (SSSR count). The van der Waals surface area contributed by atoms with Crippen LogP contribution in [0.4, 0.5) is 0 Å². The van der Waals surface area contributed by atoms with E-state index in [1.165, 1.54) is 0 Å². The van der Waals surface area contributed by atoms with E-state index >= 15 is 0 Å². The molecule has 0 saturated carbocycles. The molecule has 21 heavy (non-hydrogen) atoms. The lowest BCUT2D eigenvalue weighted by molar-refractivity contribution is -0.121. The van der Waals surface area contributed by atoms with Crippen LogP contribution in [0.5, 0.6) is 0 Å². The fourth-order valence-electron chi connectivity index (χ4n) is 2.80. The lowest BCUT2D eigenvalue weighted by Crippen LogP contribution is -2.31. The van der Waals surface area contributed by atoms with E-state index in [0.29, 0.717) is 31.3 Å². The lowest BCUT2D eigenvalue weighted by atomic mass is 9.76. The van der Waals surface area contributed by atoms with Gasteiger partial charge in [-0.3, -0.25) is 4.79 Å². The number of aliphatic hydroxyl groups excluding tert-OH is 1. The standard InChI is InChI=1S/C17H36N2O2/c1-5-6-14(10-12-20)13-19-16(21)8-7-15(9-11-18)17(2,3)4/h14-15,20H,5-13,18H2,1-4H3,(H,19,21). The molecule has 4 N–H and O–H groups in total. The first-order valence-electron chi connectivity index (χ1n) is 8.42. The van der Waals surface area contributed by atoms with Gasteiger partial charge in [0.05, 0.1) is 0 Å². The van der Waals surface area contributed by atoms with Gasteiger partial charge in [-0.15, -0.1) is 0 Å². The first-order valence-corrected chi connectivity index (χ1v) is 8.42. The van der Waals surface area contributed by atoms with Crippen LogP contribution in [0.2, 0.25) is 0 Å². The summed E-state index contributed by atoms with van der Waals surface area (Å²) in [4.78, 5) is 12.0. The van der Waals surface area contributed by atoms with Crippen molar-refractivity contribution in [3.05, 3.63) is 0 Å². The SMILES string of the molecule is CCCC(CCO)CNC(=O)CCC(CCN)C(C)(C)C. The number of carbonyl (C=O) groups is 1. The van der Waals surface area contributed by atoms with Crippen molar-refractivity contribution in [3.8, 4) is 0 Å². The first-order chi connectivity index (χ1) is 9.85. The molecule has 0 heterocycles. The van der Waals surface area contributed by atoms with Crippen LogP contribution in [0.3, 0.4) is 0 Å². The molecular formula is C17H36N2O2. The topological polar surface area (TPSA) is 75.3 Å². The van der Waals surface area contributed by atoms with Gasteiger partial charge in [-0.25, -0.2) is 0 Å². The van der Waals surface area contributed by atoms with Crippen LogP contribution in [0.25, 0.3) is 0 Å². The van der Waals surface area contributed by atoms with Crippen molar-refractivity contribution in [2.45, 2.75) is 66.2 Å². The maximum Gasteiger partial charge on any atom is 0.220 e. The van der Waals surface area contributed by atoms with Crippen LogP contribution in [0.15, 0.2) is 0 Å². The number of amides is 1. The van der Waals surface area contributed by atoms with Crippen LogP contribution in [0.1, 0.15) is 66.2 Å². The van der Waals surface area contributed by atoms with Gasteiger partial charge < -0.3 is 16.2 Å². The van der Waals surface area contributed by atoms with Crippen molar-refractivity contribution in [3.63, 3.8) is 0 Å². The van der Waals surface area contributed by atoms with Gasteiger partial charge in [-0.05, 0) is 49.5 Å². The van der Waals surface area contributed by atoms with Crippen molar-refractivity contribution < 1.29 is 9.90 Å². The number of hydrogen-bond donors (Lipinski definition) is 3. The number of carbonyl (C=O) groups excluding carboxylic acids is 1. The molecule has 4 heteroatoms. The molecule has 0 aliphatic heterocycles. The third kappa shape index (κ3) is 9.86. The lowest BCUT2D eigenvalue weighted by Gasteiger charge is -2.30. The van der Waals surface area contributed by atoms with E-state index in [1.807, 2.05) is 0 Å². The molecule has 0 spiro atoms. The van der Waals surface area contributed by atoms with Crippen LogP contribution in [-0.4, -0.2) is 30.7 Å². The molecule has 4 nitrogen and oxygen atoms in total. The van der Waals surface area contributed by atoms with Crippen molar-refractivity contribution in [2.24, 2.45) is 23.0 Å². The molecule has 0 saturated heterocycles. The Morgan fingerprint density at radius 2 is 1.86 bits per heavy atom. The van der Waals surface area contributed by atoms with E-state index in [-0.39, 0.29) is 17.9 Å². The van der Waals surface area contributed by atoms with Crippen molar-refractivity contribution in [1.82, 2.24) is 5.32 Å². The second kappa shape index (κ2) is 11.0. The van der Waals surface area contributed by atoms with Crippen LogP contribution < -0.4 is 11.1 Å². The van der Waals surface area contributed by atoms with E-state index in [2.05, 4.69) is 33.0 Å². The summed E-state index contributed by atoms with van der Waals surface area (Å²) in [5.74, 6) is 1.00. The quantitative estimate of drug-likeness (QED) is 0.549. The molecule has 2 unspecified atom stereocenters. The van der Waals surface area contributed by atoms with E-state index in [9.17, 15) is 4.79 Å². The average molecular weight is 300 g/mol. The predicted octanol–water partition coefficient (Wildman–Crippen LogP) is 2.69. The van der Waals surface area contributed by atoms with Gasteiger partial charge in [0.25, 0.3) is 0 Å². The number of rotatable bonds is 11. The van der Waals surface area contributed by atoms with Crippen molar-refractivity contribution >= 4 is 5.91 Å². The third-order valence-corrected chi connectivity index (χ3v) is 4.28. The van der Waals surface area contributed by atoms with Crippen molar-refractivity contribution in [1.29, 1.82) is 0 Å². The summed E-state index contributed by atoms with van der Waals surface area (Å²) in [7, 11) is 0. The van der Waals surface area contributed by atoms with Gasteiger partial charge in [-0.2, -0.15) is 0 Å². The average Bonchev–Trinajstić information content (AvgIpc) is 2.40. The fourth-order valence-corrected chi connectivity index (χ4v) is 2.80. The highest BCUT2D eigenvalue weighted by Gasteiger charge is 2.24. The number of aliphatic hydroxyl groups is 1. The summed E-state index contributed by atoms with van der Waals surface area (Å²) in [6, 6.07) is 0. The van der Waals surface area contributed by atoms with Gasteiger partial charge in [0, 0.05) is 19.6 Å². The zero-order chi connectivity index (χ0) is 16.3. The number of nitrogens with one attached hydrogen (secondary N) is 1. The maximum absolute atomic E-state index is 12.0. The smallest absolute Gasteiger partial charge is 0.220 e. The Bertz CT molecular complexity index is 268. The number of nitrogens with two attached hydrogens (primary N) is 1. The summed E-state index contributed by atoms with van der Waals surface area (Å²) < 4.78 is 0.